The van der Waals surface area contributed by atoms with Gasteiger partial charge in [0.25, 0.3) is 5.91 Å². The predicted octanol–water partition coefficient (Wildman–Crippen LogP) is 1.99. The summed E-state index contributed by atoms with van der Waals surface area (Å²) in [4.78, 5) is 14.5. The van der Waals surface area contributed by atoms with Gasteiger partial charge in [-0.1, -0.05) is 11.6 Å². The second kappa shape index (κ2) is 6.41. The van der Waals surface area contributed by atoms with Gasteiger partial charge in [0.2, 0.25) is 0 Å². The van der Waals surface area contributed by atoms with E-state index in [4.69, 9.17) is 11.6 Å². The Morgan fingerprint density at radius 1 is 1.19 bits per heavy atom. The summed E-state index contributed by atoms with van der Waals surface area (Å²) in [5, 5.41) is 7.29. The van der Waals surface area contributed by atoms with Crippen molar-refractivity contribution in [2.24, 2.45) is 0 Å². The molecule has 1 aromatic carbocycles. The van der Waals surface area contributed by atoms with E-state index < -0.39 is 17.9 Å². The zero-order valence-electron chi connectivity index (χ0n) is 13.6. The Hall–Kier alpha value is -1.81. The summed E-state index contributed by atoms with van der Waals surface area (Å²) in [6.45, 7) is 1.73. The molecule has 140 valence electrons. The molecule has 0 bridgehead atoms. The number of carbonyl (C=O) groups is 1. The number of alkyl halides is 3. The molecule has 2 unspecified atom stereocenters. The quantitative estimate of drug-likeness (QED) is 0.724. The van der Waals surface area contributed by atoms with Crippen LogP contribution in [0.4, 0.5) is 18.9 Å². The molecule has 2 saturated heterocycles. The number of nitrogens with one attached hydrogen (secondary N) is 3. The van der Waals surface area contributed by atoms with Gasteiger partial charge in [-0.15, -0.1) is 0 Å². The zero-order valence-corrected chi connectivity index (χ0v) is 14.4. The van der Waals surface area contributed by atoms with Crippen LogP contribution in [0.5, 0.6) is 0 Å². The smallest absolute Gasteiger partial charge is 0.324 e. The van der Waals surface area contributed by atoms with Gasteiger partial charge >= 0.3 is 6.18 Å². The molecule has 10 heteroatoms. The first-order valence-electron chi connectivity index (χ1n) is 8.28. The van der Waals surface area contributed by atoms with Gasteiger partial charge < -0.3 is 5.32 Å². The summed E-state index contributed by atoms with van der Waals surface area (Å²) in [7, 11) is 0. The Labute approximate surface area is 152 Å². The van der Waals surface area contributed by atoms with E-state index in [1.165, 1.54) is 23.3 Å². The molecule has 3 aliphatic heterocycles. The maximum Gasteiger partial charge on any atom is 0.418 e. The second-order valence-corrected chi connectivity index (χ2v) is 6.90. The molecule has 2 atom stereocenters. The monoisotopic (exact) mass is 387 g/mol. The van der Waals surface area contributed by atoms with Crippen LogP contribution in [0.3, 0.4) is 0 Å². The highest BCUT2D eigenvalue weighted by Crippen LogP contribution is 2.39. The number of anilines is 1. The van der Waals surface area contributed by atoms with Crippen molar-refractivity contribution in [1.29, 1.82) is 0 Å². The molecule has 0 saturated carbocycles. The first-order chi connectivity index (χ1) is 12.3. The molecule has 2 fully saturated rings. The number of hydrogen-bond acceptors (Lipinski definition) is 5. The number of fused-ring (bicyclic) bond motifs is 1. The Bertz CT molecular complexity index is 763. The van der Waals surface area contributed by atoms with Crippen LogP contribution in [0.1, 0.15) is 18.4 Å². The number of carbonyl (C=O) groups excluding carboxylic acids is 1. The van der Waals surface area contributed by atoms with Crippen LogP contribution < -0.4 is 21.1 Å². The number of amides is 1. The summed E-state index contributed by atoms with van der Waals surface area (Å²) >= 11 is 5.73. The molecule has 0 radical (unpaired) electrons. The van der Waals surface area contributed by atoms with Gasteiger partial charge in [-0.05, 0) is 31.0 Å². The third-order valence-corrected chi connectivity index (χ3v) is 4.97. The molecule has 3 aliphatic rings. The molecule has 3 heterocycles. The van der Waals surface area contributed by atoms with Crippen molar-refractivity contribution in [3.8, 4) is 0 Å². The van der Waals surface area contributed by atoms with Gasteiger partial charge in [0, 0.05) is 24.3 Å². The Balaban J connectivity index is 1.60. The summed E-state index contributed by atoms with van der Waals surface area (Å²) < 4.78 is 40.1. The van der Waals surface area contributed by atoms with Crippen molar-refractivity contribution in [2.75, 3.05) is 18.1 Å². The molecular formula is C16H17ClF3N5O. The fraction of sp³-hybridized carbons (Fsp3) is 0.438. The molecule has 1 amide bonds. The summed E-state index contributed by atoms with van der Waals surface area (Å²) in [6, 6.07) is 3.54. The first kappa shape index (κ1) is 17.6. The number of benzene rings is 1. The molecule has 6 nitrogen and oxygen atoms in total. The highest BCUT2D eigenvalue weighted by atomic mass is 35.5. The number of likely N-dealkylation sites (tertiary alicyclic amines) is 1. The summed E-state index contributed by atoms with van der Waals surface area (Å²) in [5.74, 6) is -0.303. The van der Waals surface area contributed by atoms with Gasteiger partial charge in [-0.3, -0.25) is 20.0 Å². The minimum Gasteiger partial charge on any atom is -0.324 e. The van der Waals surface area contributed by atoms with Crippen LogP contribution in [0.2, 0.25) is 5.02 Å². The van der Waals surface area contributed by atoms with E-state index in [1.54, 1.807) is 0 Å². The Morgan fingerprint density at radius 2 is 1.92 bits per heavy atom. The van der Waals surface area contributed by atoms with Crippen LogP contribution >= 0.6 is 11.6 Å². The third-order valence-electron chi connectivity index (χ3n) is 4.73. The van der Waals surface area contributed by atoms with E-state index in [2.05, 4.69) is 21.0 Å². The maximum absolute atomic E-state index is 13.4. The Morgan fingerprint density at radius 3 is 2.62 bits per heavy atom. The minimum absolute atomic E-state index is 0.00435. The molecule has 1 aromatic rings. The molecule has 26 heavy (non-hydrogen) atoms. The van der Waals surface area contributed by atoms with E-state index in [0.29, 0.717) is 5.57 Å². The largest absolute Gasteiger partial charge is 0.418 e. The van der Waals surface area contributed by atoms with Crippen LogP contribution in [-0.2, 0) is 11.0 Å². The van der Waals surface area contributed by atoms with Gasteiger partial charge in [-0.25, -0.2) is 5.43 Å². The number of nitrogens with zero attached hydrogens (tertiary/aromatic N) is 2. The molecule has 0 spiro atoms. The average molecular weight is 388 g/mol. The van der Waals surface area contributed by atoms with Crippen LogP contribution in [-0.4, -0.2) is 36.4 Å². The van der Waals surface area contributed by atoms with Gasteiger partial charge in [0.05, 0.1) is 16.8 Å². The van der Waals surface area contributed by atoms with Crippen LogP contribution in [0.25, 0.3) is 0 Å². The number of hydrazine groups is 1. The highest BCUT2D eigenvalue weighted by Gasteiger charge is 2.41. The third kappa shape index (κ3) is 3.16. The Kier molecular flexibility index (Phi) is 4.34. The van der Waals surface area contributed by atoms with Crippen molar-refractivity contribution >= 4 is 23.2 Å². The van der Waals surface area contributed by atoms with Gasteiger partial charge in [0.1, 0.15) is 12.5 Å². The number of rotatable bonds is 2. The normalized spacial score (nSPS) is 26.7. The first-order valence-corrected chi connectivity index (χ1v) is 8.65. The molecule has 0 aromatic heterocycles. The van der Waals surface area contributed by atoms with Crippen molar-refractivity contribution in [1.82, 2.24) is 21.0 Å². The van der Waals surface area contributed by atoms with Crippen LogP contribution in [0, 0.1) is 0 Å². The standard InChI is InChI=1S/C16H17ClF3N5O/c17-9-3-4-12(11(7-9)16(18,19)20)25-8-10-13(23-25)21-15(22-14(10)26)24-5-1-2-6-24/h3-4,7-8,13,15,21,23H,1-2,5-6H2,(H,22,26). The second-order valence-electron chi connectivity index (χ2n) is 6.46. The molecule has 3 N–H and O–H groups in total. The van der Waals surface area contributed by atoms with Crippen molar-refractivity contribution < 1.29 is 18.0 Å². The van der Waals surface area contributed by atoms with E-state index >= 15 is 0 Å². The lowest BCUT2D eigenvalue weighted by Gasteiger charge is -2.36. The van der Waals surface area contributed by atoms with Gasteiger partial charge in [-0.2, -0.15) is 13.2 Å². The maximum atomic E-state index is 13.4. The fourth-order valence-electron chi connectivity index (χ4n) is 3.46. The highest BCUT2D eigenvalue weighted by molar-refractivity contribution is 6.30. The van der Waals surface area contributed by atoms with Crippen molar-refractivity contribution in [3.63, 3.8) is 0 Å². The summed E-state index contributed by atoms with van der Waals surface area (Å²) in [6.07, 6.45) is -1.98. The topological polar surface area (TPSA) is 59.6 Å². The summed E-state index contributed by atoms with van der Waals surface area (Å²) in [5.41, 5.74) is 2.28. The molecular weight excluding hydrogens is 371 g/mol. The van der Waals surface area contributed by atoms with Gasteiger partial charge in [0.15, 0.2) is 0 Å². The minimum atomic E-state index is -4.57. The predicted molar refractivity (Wildman–Crippen MR) is 89.8 cm³/mol. The van der Waals surface area contributed by atoms with Crippen LogP contribution in [0.15, 0.2) is 30.0 Å². The number of halogens is 4. The lowest BCUT2D eigenvalue weighted by atomic mass is 10.1. The molecule has 4 rings (SSSR count). The van der Waals surface area contributed by atoms with Crippen molar-refractivity contribution in [2.45, 2.75) is 31.5 Å². The molecule has 0 aliphatic carbocycles. The van der Waals surface area contributed by atoms with E-state index in [1.807, 2.05) is 0 Å². The lowest BCUT2D eigenvalue weighted by molar-refractivity contribution is -0.137. The van der Waals surface area contributed by atoms with E-state index in [-0.39, 0.29) is 22.9 Å². The SMILES string of the molecule is O=C1NC(N2CCCC2)NC2NN(c3ccc(Cl)cc3C(F)(F)F)C=C12. The van der Waals surface area contributed by atoms with E-state index in [9.17, 15) is 18.0 Å². The zero-order chi connectivity index (χ0) is 18.5. The lowest BCUT2D eigenvalue weighted by Crippen LogP contribution is -2.66. The van der Waals surface area contributed by atoms with Crippen molar-refractivity contribution in [3.05, 3.63) is 40.6 Å². The fourth-order valence-corrected chi connectivity index (χ4v) is 3.64. The van der Waals surface area contributed by atoms with E-state index in [0.717, 1.165) is 32.0 Å². The average Bonchev–Trinajstić information content (AvgIpc) is 3.23. The number of hydrogen-bond donors (Lipinski definition) is 3.